The third kappa shape index (κ3) is 3.50. The molecule has 0 fully saturated rings. The Balaban J connectivity index is 2.30. The van der Waals surface area contributed by atoms with Gasteiger partial charge in [0.15, 0.2) is 11.0 Å². The Morgan fingerprint density at radius 2 is 2.09 bits per heavy atom. The molecule has 1 amide bonds. The van der Waals surface area contributed by atoms with Crippen LogP contribution in [0.3, 0.4) is 0 Å². The number of aryl methyl sites for hydroxylation is 1. The van der Waals surface area contributed by atoms with Crippen LogP contribution in [0, 0.1) is 6.92 Å². The summed E-state index contributed by atoms with van der Waals surface area (Å²) in [4.78, 5) is 13.6. The van der Waals surface area contributed by atoms with Crippen molar-refractivity contribution in [2.24, 2.45) is 0 Å². The fourth-order valence-electron chi connectivity index (χ4n) is 2.23. The molecule has 0 saturated heterocycles. The van der Waals surface area contributed by atoms with Crippen LogP contribution in [0.1, 0.15) is 19.4 Å². The van der Waals surface area contributed by atoms with Crippen molar-refractivity contribution < 1.29 is 4.79 Å². The first-order valence-corrected chi connectivity index (χ1v) is 8.20. The molecular weight excluding hydrogens is 296 g/mol. The average molecular weight is 318 g/mol. The van der Waals surface area contributed by atoms with Crippen molar-refractivity contribution in [1.82, 2.24) is 19.7 Å². The molecule has 2 aromatic rings. The van der Waals surface area contributed by atoms with Crippen LogP contribution in [0.4, 0.5) is 0 Å². The molecule has 1 unspecified atom stereocenters. The third-order valence-electron chi connectivity index (χ3n) is 3.38. The maximum atomic E-state index is 12.0. The van der Waals surface area contributed by atoms with Crippen LogP contribution in [0.15, 0.2) is 29.4 Å². The van der Waals surface area contributed by atoms with Gasteiger partial charge in [0.25, 0.3) is 0 Å². The topological polar surface area (TPSA) is 51.0 Å². The molecule has 1 heterocycles. The van der Waals surface area contributed by atoms with E-state index in [2.05, 4.69) is 40.7 Å². The standard InChI is InChI=1S/C16H22N4OS/c1-6-20-14(13-9-7-8-11(2)10-13)17-18-16(20)22-12(3)15(21)19(4)5/h7-10,12H,6H2,1-5H3. The summed E-state index contributed by atoms with van der Waals surface area (Å²) in [6.45, 7) is 6.78. The molecule has 0 aliphatic rings. The Morgan fingerprint density at radius 1 is 1.36 bits per heavy atom. The Morgan fingerprint density at radius 3 is 2.68 bits per heavy atom. The maximum Gasteiger partial charge on any atom is 0.235 e. The van der Waals surface area contributed by atoms with E-state index in [1.54, 1.807) is 19.0 Å². The Hall–Kier alpha value is -1.82. The van der Waals surface area contributed by atoms with E-state index in [1.165, 1.54) is 17.3 Å². The van der Waals surface area contributed by atoms with Gasteiger partial charge in [0.1, 0.15) is 0 Å². The third-order valence-corrected chi connectivity index (χ3v) is 4.45. The van der Waals surface area contributed by atoms with E-state index in [0.717, 1.165) is 23.1 Å². The Kier molecular flexibility index (Phi) is 5.24. The zero-order valence-electron chi connectivity index (χ0n) is 13.7. The highest BCUT2D eigenvalue weighted by Crippen LogP contribution is 2.27. The van der Waals surface area contributed by atoms with Crippen LogP contribution in [0.2, 0.25) is 0 Å². The lowest BCUT2D eigenvalue weighted by molar-refractivity contribution is -0.127. The molecule has 22 heavy (non-hydrogen) atoms. The van der Waals surface area contributed by atoms with E-state index in [1.807, 2.05) is 19.1 Å². The van der Waals surface area contributed by atoms with Crippen molar-refractivity contribution in [3.63, 3.8) is 0 Å². The molecule has 118 valence electrons. The lowest BCUT2D eigenvalue weighted by Gasteiger charge is -2.16. The number of amides is 1. The monoisotopic (exact) mass is 318 g/mol. The summed E-state index contributed by atoms with van der Waals surface area (Å²) in [7, 11) is 3.53. The second-order valence-corrected chi connectivity index (χ2v) is 6.72. The van der Waals surface area contributed by atoms with Crippen LogP contribution in [0.5, 0.6) is 0 Å². The summed E-state index contributed by atoms with van der Waals surface area (Å²) in [5.41, 5.74) is 2.24. The lowest BCUT2D eigenvalue weighted by Crippen LogP contribution is -2.29. The van der Waals surface area contributed by atoms with Gasteiger partial charge in [-0.2, -0.15) is 0 Å². The van der Waals surface area contributed by atoms with Crippen molar-refractivity contribution in [1.29, 1.82) is 0 Å². The van der Waals surface area contributed by atoms with Gasteiger partial charge in [-0.05, 0) is 26.8 Å². The van der Waals surface area contributed by atoms with Crippen molar-refractivity contribution in [2.45, 2.75) is 37.7 Å². The molecule has 0 saturated carbocycles. The number of nitrogens with zero attached hydrogens (tertiary/aromatic N) is 4. The van der Waals surface area contributed by atoms with Crippen molar-refractivity contribution >= 4 is 17.7 Å². The van der Waals surface area contributed by atoms with E-state index in [-0.39, 0.29) is 11.2 Å². The van der Waals surface area contributed by atoms with Gasteiger partial charge in [-0.3, -0.25) is 4.79 Å². The zero-order chi connectivity index (χ0) is 16.3. The SMILES string of the molecule is CCn1c(SC(C)C(=O)N(C)C)nnc1-c1cccc(C)c1. The summed E-state index contributed by atoms with van der Waals surface area (Å²) in [5.74, 6) is 0.922. The normalized spacial score (nSPS) is 12.2. The number of rotatable bonds is 5. The van der Waals surface area contributed by atoms with Gasteiger partial charge in [0, 0.05) is 26.2 Å². The number of hydrogen-bond donors (Lipinski definition) is 0. The molecule has 0 aliphatic heterocycles. The quantitative estimate of drug-likeness (QED) is 0.796. The molecule has 0 N–H and O–H groups in total. The molecule has 1 aromatic carbocycles. The van der Waals surface area contributed by atoms with Gasteiger partial charge in [0.2, 0.25) is 5.91 Å². The second kappa shape index (κ2) is 6.96. The van der Waals surface area contributed by atoms with E-state index < -0.39 is 0 Å². The first-order chi connectivity index (χ1) is 10.4. The minimum Gasteiger partial charge on any atom is -0.348 e. The van der Waals surface area contributed by atoms with Crippen molar-refractivity contribution in [2.75, 3.05) is 14.1 Å². The van der Waals surface area contributed by atoms with Crippen LogP contribution >= 0.6 is 11.8 Å². The summed E-state index contributed by atoms with van der Waals surface area (Å²) in [6.07, 6.45) is 0. The van der Waals surface area contributed by atoms with Crippen LogP contribution in [-0.2, 0) is 11.3 Å². The highest BCUT2D eigenvalue weighted by Gasteiger charge is 2.21. The molecule has 0 radical (unpaired) electrons. The first kappa shape index (κ1) is 16.5. The molecule has 0 bridgehead atoms. The van der Waals surface area contributed by atoms with Gasteiger partial charge in [0.05, 0.1) is 5.25 Å². The highest BCUT2D eigenvalue weighted by atomic mass is 32.2. The van der Waals surface area contributed by atoms with Crippen LogP contribution in [0.25, 0.3) is 11.4 Å². The van der Waals surface area contributed by atoms with Crippen molar-refractivity contribution in [3.8, 4) is 11.4 Å². The molecule has 1 atom stereocenters. The van der Waals surface area contributed by atoms with Gasteiger partial charge in [-0.15, -0.1) is 10.2 Å². The molecular formula is C16H22N4OS. The fourth-order valence-corrected chi connectivity index (χ4v) is 3.29. The Labute approximate surface area is 135 Å². The van der Waals surface area contributed by atoms with Gasteiger partial charge in [-0.25, -0.2) is 0 Å². The number of aromatic nitrogens is 3. The Bertz CT molecular complexity index is 666. The second-order valence-electron chi connectivity index (χ2n) is 5.41. The van der Waals surface area contributed by atoms with Crippen LogP contribution < -0.4 is 0 Å². The molecule has 2 rings (SSSR count). The largest absolute Gasteiger partial charge is 0.348 e. The molecule has 1 aromatic heterocycles. The predicted molar refractivity (Wildman–Crippen MR) is 89.9 cm³/mol. The smallest absolute Gasteiger partial charge is 0.235 e. The van der Waals surface area contributed by atoms with Gasteiger partial charge >= 0.3 is 0 Å². The molecule has 0 aliphatic carbocycles. The highest BCUT2D eigenvalue weighted by molar-refractivity contribution is 8.00. The number of thioether (sulfide) groups is 1. The summed E-state index contributed by atoms with van der Waals surface area (Å²) >= 11 is 1.45. The average Bonchev–Trinajstić information content (AvgIpc) is 2.88. The number of carbonyl (C=O) groups is 1. The number of carbonyl (C=O) groups excluding carboxylic acids is 1. The minimum atomic E-state index is -0.185. The minimum absolute atomic E-state index is 0.0766. The van der Waals surface area contributed by atoms with Crippen LogP contribution in [-0.4, -0.2) is 44.9 Å². The predicted octanol–water partition coefficient (Wildman–Crippen LogP) is 2.84. The molecule has 0 spiro atoms. The molecule has 6 heteroatoms. The van der Waals surface area contributed by atoms with E-state index in [9.17, 15) is 4.79 Å². The lowest BCUT2D eigenvalue weighted by atomic mass is 10.1. The van der Waals surface area contributed by atoms with Crippen molar-refractivity contribution in [3.05, 3.63) is 29.8 Å². The zero-order valence-corrected chi connectivity index (χ0v) is 14.5. The number of benzene rings is 1. The number of hydrogen-bond acceptors (Lipinski definition) is 4. The summed E-state index contributed by atoms with van der Waals surface area (Å²) in [5, 5.41) is 9.20. The summed E-state index contributed by atoms with van der Waals surface area (Å²) in [6, 6.07) is 8.21. The first-order valence-electron chi connectivity index (χ1n) is 7.32. The summed E-state index contributed by atoms with van der Waals surface area (Å²) < 4.78 is 2.05. The van der Waals surface area contributed by atoms with E-state index in [0.29, 0.717) is 0 Å². The van der Waals surface area contributed by atoms with Gasteiger partial charge in [-0.1, -0.05) is 35.5 Å². The fraction of sp³-hybridized carbons (Fsp3) is 0.438. The molecule has 5 nitrogen and oxygen atoms in total. The van der Waals surface area contributed by atoms with E-state index in [4.69, 9.17) is 0 Å². The van der Waals surface area contributed by atoms with Gasteiger partial charge < -0.3 is 9.47 Å². The maximum absolute atomic E-state index is 12.0. The van der Waals surface area contributed by atoms with E-state index >= 15 is 0 Å².